The molecule has 2 amide bonds. The lowest BCUT2D eigenvalue weighted by atomic mass is 10.1. The van der Waals surface area contributed by atoms with E-state index in [9.17, 15) is 9.59 Å². The molecule has 2 N–H and O–H groups in total. The molecule has 0 aliphatic carbocycles. The summed E-state index contributed by atoms with van der Waals surface area (Å²) < 4.78 is 0. The van der Waals surface area contributed by atoms with Crippen molar-refractivity contribution >= 4 is 39.6 Å². The first-order valence-corrected chi connectivity index (χ1v) is 9.99. The largest absolute Gasteiger partial charge is 0.353 e. The fraction of sp³-hybridized carbons (Fsp3) is 0.471. The van der Waals surface area contributed by atoms with E-state index in [1.165, 1.54) is 16.2 Å². The molecule has 6 nitrogen and oxygen atoms in total. The molecule has 2 aromatic rings. The van der Waals surface area contributed by atoms with Gasteiger partial charge in [-0.25, -0.2) is 4.98 Å². The summed E-state index contributed by atoms with van der Waals surface area (Å²) in [6.45, 7) is 7.53. The zero-order valence-electron chi connectivity index (χ0n) is 14.5. The minimum Gasteiger partial charge on any atom is -0.353 e. The lowest BCUT2D eigenvalue weighted by molar-refractivity contribution is -0.133. The van der Waals surface area contributed by atoms with Gasteiger partial charge in [0.15, 0.2) is 5.13 Å². The Morgan fingerprint density at radius 3 is 2.96 bits per heavy atom. The van der Waals surface area contributed by atoms with Crippen LogP contribution in [-0.2, 0) is 9.59 Å². The number of carbonyl (C=O) groups is 2. The van der Waals surface area contributed by atoms with E-state index in [4.69, 9.17) is 0 Å². The number of anilines is 1. The number of rotatable bonds is 5. The van der Waals surface area contributed by atoms with Gasteiger partial charge in [-0.15, -0.1) is 22.7 Å². The molecule has 1 aliphatic rings. The second-order valence-corrected chi connectivity index (χ2v) is 8.48. The third-order valence-corrected chi connectivity index (χ3v) is 5.94. The number of hydrogen-bond donors (Lipinski definition) is 2. The van der Waals surface area contributed by atoms with E-state index in [-0.39, 0.29) is 24.3 Å². The lowest BCUT2D eigenvalue weighted by Crippen LogP contribution is -2.58. The van der Waals surface area contributed by atoms with Gasteiger partial charge in [0.25, 0.3) is 0 Å². The normalized spacial score (nSPS) is 18.4. The molecule has 0 aromatic carbocycles. The maximum Gasteiger partial charge on any atom is 0.237 e. The number of nitrogens with zero attached hydrogens (tertiary/aromatic N) is 2. The third kappa shape index (κ3) is 4.26. The highest BCUT2D eigenvalue weighted by atomic mass is 32.1. The first-order valence-electron chi connectivity index (χ1n) is 8.29. The van der Waals surface area contributed by atoms with Gasteiger partial charge in [0.2, 0.25) is 11.8 Å². The van der Waals surface area contributed by atoms with Crippen molar-refractivity contribution in [3.8, 4) is 10.6 Å². The van der Waals surface area contributed by atoms with Crippen molar-refractivity contribution in [3.63, 3.8) is 0 Å². The van der Waals surface area contributed by atoms with Crippen LogP contribution < -0.4 is 10.6 Å². The van der Waals surface area contributed by atoms with Crippen LogP contribution in [0.5, 0.6) is 0 Å². The number of hydrogen-bond acceptors (Lipinski definition) is 6. The zero-order chi connectivity index (χ0) is 18.0. The first kappa shape index (κ1) is 18.0. The summed E-state index contributed by atoms with van der Waals surface area (Å²) in [5, 5.41) is 8.18. The fourth-order valence-corrected chi connectivity index (χ4v) is 4.55. The summed E-state index contributed by atoms with van der Waals surface area (Å²) in [6.07, 6.45) is 0.136. The minimum absolute atomic E-state index is 0.0796. The first-order chi connectivity index (χ1) is 11.9. The van der Waals surface area contributed by atoms with Gasteiger partial charge in [-0.05, 0) is 32.9 Å². The Morgan fingerprint density at radius 2 is 2.28 bits per heavy atom. The van der Waals surface area contributed by atoms with Gasteiger partial charge in [0, 0.05) is 29.4 Å². The van der Waals surface area contributed by atoms with Crippen LogP contribution in [0, 0.1) is 6.92 Å². The van der Waals surface area contributed by atoms with E-state index in [0.717, 1.165) is 17.1 Å². The van der Waals surface area contributed by atoms with Crippen molar-refractivity contribution < 1.29 is 9.59 Å². The average Bonchev–Trinajstić information content (AvgIpc) is 3.18. The van der Waals surface area contributed by atoms with Gasteiger partial charge < -0.3 is 10.6 Å². The second-order valence-electron chi connectivity index (χ2n) is 6.34. The van der Waals surface area contributed by atoms with Crippen LogP contribution in [0.1, 0.15) is 25.1 Å². The van der Waals surface area contributed by atoms with Crippen LogP contribution >= 0.6 is 22.7 Å². The van der Waals surface area contributed by atoms with Crippen molar-refractivity contribution in [2.24, 2.45) is 0 Å². The van der Waals surface area contributed by atoms with Crippen LogP contribution in [0.4, 0.5) is 5.13 Å². The highest BCUT2D eigenvalue weighted by Crippen LogP contribution is 2.30. The number of carbonyl (C=O) groups excluding carboxylic acids is 2. The Balaban J connectivity index is 1.64. The topological polar surface area (TPSA) is 74.3 Å². The number of aromatic nitrogens is 1. The Bertz CT molecular complexity index is 768. The maximum atomic E-state index is 12.4. The minimum atomic E-state index is -0.423. The summed E-state index contributed by atoms with van der Waals surface area (Å²) in [4.78, 5) is 33.4. The molecule has 0 spiro atoms. The van der Waals surface area contributed by atoms with Gasteiger partial charge in [0.1, 0.15) is 0 Å². The molecular formula is C17H22N4O2S2. The molecule has 1 saturated heterocycles. The van der Waals surface area contributed by atoms with Crippen LogP contribution in [0.15, 0.2) is 17.5 Å². The molecule has 134 valence electrons. The fourth-order valence-electron chi connectivity index (χ4n) is 2.92. The van der Waals surface area contributed by atoms with E-state index in [1.54, 1.807) is 11.3 Å². The Kier molecular flexibility index (Phi) is 5.51. The quantitative estimate of drug-likeness (QED) is 0.839. The number of amides is 2. The molecule has 1 atom stereocenters. The zero-order valence-corrected chi connectivity index (χ0v) is 16.2. The van der Waals surface area contributed by atoms with Crippen molar-refractivity contribution in [2.45, 2.75) is 39.3 Å². The van der Waals surface area contributed by atoms with Gasteiger partial charge >= 0.3 is 0 Å². The molecule has 8 heteroatoms. The Labute approximate surface area is 155 Å². The lowest BCUT2D eigenvalue weighted by Gasteiger charge is -2.37. The summed E-state index contributed by atoms with van der Waals surface area (Å²) >= 11 is 3.08. The molecule has 1 unspecified atom stereocenters. The summed E-state index contributed by atoms with van der Waals surface area (Å²) in [7, 11) is 0. The molecular weight excluding hydrogens is 356 g/mol. The predicted octanol–water partition coefficient (Wildman–Crippen LogP) is 2.72. The average molecular weight is 379 g/mol. The highest BCUT2D eigenvalue weighted by molar-refractivity contribution is 7.17. The second kappa shape index (κ2) is 7.63. The number of piperazine rings is 1. The molecule has 3 heterocycles. The van der Waals surface area contributed by atoms with Gasteiger partial charge in [-0.2, -0.15) is 0 Å². The third-order valence-electron chi connectivity index (χ3n) is 4.16. The van der Waals surface area contributed by atoms with E-state index < -0.39 is 6.04 Å². The molecule has 25 heavy (non-hydrogen) atoms. The summed E-state index contributed by atoms with van der Waals surface area (Å²) in [5.41, 5.74) is 0.873. The van der Waals surface area contributed by atoms with Crippen LogP contribution in [0.2, 0.25) is 0 Å². The number of nitrogens with one attached hydrogen (secondary N) is 2. The van der Waals surface area contributed by atoms with Crippen LogP contribution in [0.3, 0.4) is 0 Å². The maximum absolute atomic E-state index is 12.4. The number of aryl methyl sites for hydroxylation is 1. The molecule has 1 aliphatic heterocycles. The van der Waals surface area contributed by atoms with Crippen molar-refractivity contribution in [2.75, 3.05) is 18.4 Å². The highest BCUT2D eigenvalue weighted by Gasteiger charge is 2.33. The Morgan fingerprint density at radius 1 is 1.48 bits per heavy atom. The molecule has 3 rings (SSSR count). The van der Waals surface area contributed by atoms with Crippen molar-refractivity contribution in [1.29, 1.82) is 0 Å². The van der Waals surface area contributed by atoms with Crippen LogP contribution in [0.25, 0.3) is 10.6 Å². The van der Waals surface area contributed by atoms with Crippen LogP contribution in [-0.4, -0.2) is 46.9 Å². The predicted molar refractivity (Wildman–Crippen MR) is 102 cm³/mol. The molecule has 1 fully saturated rings. The monoisotopic (exact) mass is 378 g/mol. The van der Waals surface area contributed by atoms with E-state index in [1.807, 2.05) is 25.3 Å². The van der Waals surface area contributed by atoms with Crippen molar-refractivity contribution in [3.05, 3.63) is 22.4 Å². The smallest absolute Gasteiger partial charge is 0.237 e. The molecule has 0 radical (unpaired) electrons. The van der Waals surface area contributed by atoms with Gasteiger partial charge in [-0.3, -0.25) is 14.5 Å². The van der Waals surface area contributed by atoms with Crippen molar-refractivity contribution in [1.82, 2.24) is 15.2 Å². The van der Waals surface area contributed by atoms with Gasteiger partial charge in [0.05, 0.1) is 23.0 Å². The SMILES string of the molecule is Cc1ccc(-c2csc(NC(=O)CC3C(=O)NCCN3C(C)C)n2)s1. The summed E-state index contributed by atoms with van der Waals surface area (Å²) in [6, 6.07) is 3.89. The standard InChI is InChI=1S/C17H22N4O2S2/c1-10(2)21-7-6-18-16(23)13(21)8-15(22)20-17-19-12(9-24-17)14-5-4-11(3)25-14/h4-5,9-10,13H,6-8H2,1-3H3,(H,18,23)(H,19,20,22). The number of thiazole rings is 1. The number of thiophene rings is 1. The molecule has 0 saturated carbocycles. The van der Waals surface area contributed by atoms with E-state index in [0.29, 0.717) is 11.7 Å². The van der Waals surface area contributed by atoms with E-state index >= 15 is 0 Å². The molecule has 2 aromatic heterocycles. The molecule has 0 bridgehead atoms. The van der Waals surface area contributed by atoms with E-state index in [2.05, 4.69) is 33.5 Å². The van der Waals surface area contributed by atoms with Gasteiger partial charge in [-0.1, -0.05) is 0 Å². The Hall–Kier alpha value is -1.77. The summed E-state index contributed by atoms with van der Waals surface area (Å²) in [5.74, 6) is -0.264.